The Morgan fingerprint density at radius 2 is 1.16 bits per heavy atom. The van der Waals surface area contributed by atoms with Crippen LogP contribution < -0.4 is 0 Å². The maximum absolute atomic E-state index is 9.01. The zero-order valence-electron chi connectivity index (χ0n) is 17.9. The smallest absolute Gasteiger partial charge is 0.508 e. The summed E-state index contributed by atoms with van der Waals surface area (Å²) in [5.41, 5.74) is 2.19. The summed E-state index contributed by atoms with van der Waals surface area (Å²) < 4.78 is 0. The fraction of sp³-hybridized carbons (Fsp3) is 0.143. The van der Waals surface area contributed by atoms with Crippen molar-refractivity contribution in [1.82, 2.24) is 0 Å². The van der Waals surface area contributed by atoms with E-state index in [-0.39, 0.29) is 26.2 Å². The first-order valence-electron chi connectivity index (χ1n) is 9.86. The molecule has 2 aromatic rings. The van der Waals surface area contributed by atoms with Gasteiger partial charge < -0.3 is 10.2 Å². The molecule has 2 aliphatic rings. The molecule has 0 unspecified atom stereocenters. The average Bonchev–Trinajstić information content (AvgIpc) is 3.48. The number of aromatic hydroxyl groups is 2. The van der Waals surface area contributed by atoms with Crippen LogP contribution in [0.2, 0.25) is 0 Å². The number of rotatable bonds is 4. The fourth-order valence-electron chi connectivity index (χ4n) is 2.38. The van der Waals surface area contributed by atoms with E-state index < -0.39 is 0 Å². The normalized spacial score (nSPS) is 11.6. The Kier molecular flexibility index (Phi) is 17.7. The standard InChI is InChI=1S/2C9H10O.2C5H5.Zr/c2*1-2-4-8-5-3-6-9(10)7-8;2*1-2-4-5-3-1;/h2*2-3,5-7,10H,1,4H2;2*1-3H,4H2;/q;;2*-1;+2. The summed E-state index contributed by atoms with van der Waals surface area (Å²) in [4.78, 5) is 0. The van der Waals surface area contributed by atoms with Gasteiger partial charge in [0.25, 0.3) is 0 Å². The van der Waals surface area contributed by atoms with Crippen LogP contribution in [0.15, 0.2) is 110 Å². The van der Waals surface area contributed by atoms with Gasteiger partial charge in [-0.3, -0.25) is 12.2 Å². The molecular weight excluding hydrogens is 460 g/mol. The van der Waals surface area contributed by atoms with Crippen LogP contribution in [0.4, 0.5) is 0 Å². The molecule has 0 fully saturated rings. The molecule has 0 saturated carbocycles. The van der Waals surface area contributed by atoms with Crippen LogP contribution in [0, 0.1) is 12.2 Å². The molecule has 2 aromatic carbocycles. The van der Waals surface area contributed by atoms with Crippen LogP contribution in [0.25, 0.3) is 0 Å². The van der Waals surface area contributed by atoms with E-state index in [1.54, 1.807) is 24.3 Å². The van der Waals surface area contributed by atoms with E-state index in [1.807, 2.05) is 60.7 Å². The van der Waals surface area contributed by atoms with Crippen LogP contribution in [-0.2, 0) is 39.0 Å². The topological polar surface area (TPSA) is 40.5 Å². The van der Waals surface area contributed by atoms with E-state index in [4.69, 9.17) is 10.2 Å². The summed E-state index contributed by atoms with van der Waals surface area (Å²) in [5, 5.41) is 18.0. The minimum Gasteiger partial charge on any atom is -0.508 e. The predicted molar refractivity (Wildman–Crippen MR) is 127 cm³/mol. The van der Waals surface area contributed by atoms with Crippen LogP contribution in [0.1, 0.15) is 24.0 Å². The minimum atomic E-state index is 0. The first kappa shape index (κ1) is 28.4. The zero-order chi connectivity index (χ0) is 21.9. The van der Waals surface area contributed by atoms with Gasteiger partial charge in [0, 0.05) is 0 Å². The summed E-state index contributed by atoms with van der Waals surface area (Å²) >= 11 is 0. The number of allylic oxidation sites excluding steroid dienone is 10. The van der Waals surface area contributed by atoms with Gasteiger partial charge in [-0.25, -0.2) is 24.3 Å². The number of phenols is 2. The maximum atomic E-state index is 9.01. The van der Waals surface area contributed by atoms with Crippen LogP contribution in [0.5, 0.6) is 11.5 Å². The summed E-state index contributed by atoms with van der Waals surface area (Å²) in [6.07, 6.45) is 25.3. The third-order valence-electron chi connectivity index (χ3n) is 3.75. The molecule has 0 aliphatic heterocycles. The van der Waals surface area contributed by atoms with Crippen molar-refractivity contribution in [2.24, 2.45) is 0 Å². The molecule has 31 heavy (non-hydrogen) atoms. The molecule has 0 bridgehead atoms. The first-order chi connectivity index (χ1) is 14.7. The molecule has 0 heterocycles. The number of benzene rings is 2. The van der Waals surface area contributed by atoms with E-state index >= 15 is 0 Å². The molecule has 0 spiro atoms. The molecule has 4 rings (SSSR count). The molecule has 3 heteroatoms. The first-order valence-corrected chi connectivity index (χ1v) is 9.86. The monoisotopic (exact) mass is 488 g/mol. The van der Waals surface area contributed by atoms with Crippen molar-refractivity contribution in [3.05, 3.63) is 134 Å². The second-order valence-electron chi connectivity index (χ2n) is 6.33. The summed E-state index contributed by atoms with van der Waals surface area (Å²) in [6.45, 7) is 7.21. The molecule has 0 radical (unpaired) electrons. The fourth-order valence-corrected chi connectivity index (χ4v) is 2.38. The van der Waals surface area contributed by atoms with Gasteiger partial charge >= 0.3 is 26.2 Å². The van der Waals surface area contributed by atoms with E-state index in [0.717, 1.165) is 36.8 Å². The molecule has 2 nitrogen and oxygen atoms in total. The van der Waals surface area contributed by atoms with Crippen LogP contribution >= 0.6 is 0 Å². The number of hydrogen-bond acceptors (Lipinski definition) is 2. The van der Waals surface area contributed by atoms with Crippen molar-refractivity contribution in [3.63, 3.8) is 0 Å². The van der Waals surface area contributed by atoms with Crippen molar-refractivity contribution in [2.45, 2.75) is 25.7 Å². The van der Waals surface area contributed by atoms with Crippen molar-refractivity contribution in [1.29, 1.82) is 0 Å². The SMILES string of the molecule is C=CCc1cccc(O)c1.C=CCc1cccc(O)c1.[C-]1=CC=CC1.[C-]1=CC=CC1.[Zr+2]. The molecule has 0 amide bonds. The van der Waals surface area contributed by atoms with Gasteiger partial charge in [-0.05, 0) is 48.2 Å². The molecule has 2 aliphatic carbocycles. The Morgan fingerprint density at radius 1 is 0.742 bits per heavy atom. The van der Waals surface area contributed by atoms with E-state index in [2.05, 4.69) is 37.5 Å². The summed E-state index contributed by atoms with van der Waals surface area (Å²) in [6, 6.07) is 14.4. The van der Waals surface area contributed by atoms with Crippen molar-refractivity contribution in [2.75, 3.05) is 0 Å². The molecule has 0 atom stereocenters. The number of hydrogen-bond donors (Lipinski definition) is 2. The van der Waals surface area contributed by atoms with E-state index in [9.17, 15) is 0 Å². The van der Waals surface area contributed by atoms with Crippen molar-refractivity contribution < 1.29 is 36.4 Å². The van der Waals surface area contributed by atoms with Crippen LogP contribution in [0.3, 0.4) is 0 Å². The van der Waals surface area contributed by atoms with E-state index in [0.29, 0.717) is 11.5 Å². The van der Waals surface area contributed by atoms with Crippen molar-refractivity contribution >= 4 is 0 Å². The summed E-state index contributed by atoms with van der Waals surface area (Å²) in [7, 11) is 0. The Bertz CT molecular complexity index is 783. The summed E-state index contributed by atoms with van der Waals surface area (Å²) in [5.74, 6) is 0.638. The Labute approximate surface area is 206 Å². The average molecular weight is 490 g/mol. The largest absolute Gasteiger partial charge is 2.00 e. The minimum absolute atomic E-state index is 0. The van der Waals surface area contributed by atoms with Gasteiger partial charge in [-0.15, -0.1) is 26.0 Å². The quantitative estimate of drug-likeness (QED) is 0.364. The molecular formula is C28H30O2Zr. The van der Waals surface area contributed by atoms with Gasteiger partial charge in [0.15, 0.2) is 0 Å². The number of phenolic OH excluding ortho intramolecular Hbond substituents is 2. The van der Waals surface area contributed by atoms with E-state index in [1.165, 1.54) is 0 Å². The second-order valence-corrected chi connectivity index (χ2v) is 6.33. The predicted octanol–water partition coefficient (Wildman–Crippen LogP) is 6.85. The van der Waals surface area contributed by atoms with Crippen LogP contribution in [-0.4, -0.2) is 10.2 Å². The van der Waals surface area contributed by atoms with Gasteiger partial charge in [0.2, 0.25) is 0 Å². The third-order valence-corrected chi connectivity index (χ3v) is 3.75. The van der Waals surface area contributed by atoms with Gasteiger partial charge in [0.1, 0.15) is 11.5 Å². The Balaban J connectivity index is 0.000000401. The molecule has 0 saturated heterocycles. The van der Waals surface area contributed by atoms with Gasteiger partial charge in [-0.1, -0.05) is 36.4 Å². The third kappa shape index (κ3) is 15.8. The molecule has 158 valence electrons. The molecule has 2 N–H and O–H groups in total. The second kappa shape index (κ2) is 19.3. The Hall–Kier alpha value is -2.64. The molecule has 0 aromatic heterocycles. The van der Waals surface area contributed by atoms with Gasteiger partial charge in [0.05, 0.1) is 0 Å². The van der Waals surface area contributed by atoms with Crippen molar-refractivity contribution in [3.8, 4) is 11.5 Å². The van der Waals surface area contributed by atoms with Gasteiger partial charge in [-0.2, -0.15) is 12.2 Å². The zero-order valence-corrected chi connectivity index (χ0v) is 20.3. The Morgan fingerprint density at radius 3 is 1.39 bits per heavy atom. The maximum Gasteiger partial charge on any atom is 2.00 e.